The van der Waals surface area contributed by atoms with Crippen molar-refractivity contribution in [2.45, 2.75) is 39.8 Å². The maximum absolute atomic E-state index is 4.94. The molecule has 4 nitrogen and oxygen atoms in total. The van der Waals surface area contributed by atoms with Crippen LogP contribution in [-0.2, 0) is 6.54 Å². The van der Waals surface area contributed by atoms with Crippen LogP contribution in [0.15, 0.2) is 4.52 Å². The molecular weight excluding hydrogens is 154 g/mol. The molecule has 1 atom stereocenters. The van der Waals surface area contributed by atoms with E-state index < -0.39 is 0 Å². The van der Waals surface area contributed by atoms with Gasteiger partial charge < -0.3 is 9.84 Å². The predicted molar refractivity (Wildman–Crippen MR) is 45.6 cm³/mol. The van der Waals surface area contributed by atoms with Gasteiger partial charge in [0.25, 0.3) is 0 Å². The van der Waals surface area contributed by atoms with Crippen molar-refractivity contribution in [2.24, 2.45) is 0 Å². The first-order valence-electron chi connectivity index (χ1n) is 4.25. The van der Waals surface area contributed by atoms with Crippen LogP contribution in [0.25, 0.3) is 0 Å². The third-order valence-corrected chi connectivity index (χ3v) is 1.78. The molecule has 1 aromatic rings. The van der Waals surface area contributed by atoms with Crippen molar-refractivity contribution in [3.05, 3.63) is 11.7 Å². The van der Waals surface area contributed by atoms with E-state index in [1.165, 1.54) is 0 Å². The average molecular weight is 169 g/mol. The summed E-state index contributed by atoms with van der Waals surface area (Å²) < 4.78 is 4.94. The molecule has 1 unspecified atom stereocenters. The lowest BCUT2D eigenvalue weighted by Gasteiger charge is -2.07. The summed E-state index contributed by atoms with van der Waals surface area (Å²) >= 11 is 0. The maximum atomic E-state index is 4.94. The van der Waals surface area contributed by atoms with E-state index in [-0.39, 0.29) is 0 Å². The Morgan fingerprint density at radius 2 is 2.33 bits per heavy atom. The molecule has 0 aliphatic heterocycles. The number of aromatic nitrogens is 2. The molecule has 1 N–H and O–H groups in total. The van der Waals surface area contributed by atoms with Crippen LogP contribution in [0.2, 0.25) is 0 Å². The van der Waals surface area contributed by atoms with E-state index >= 15 is 0 Å². The van der Waals surface area contributed by atoms with Crippen molar-refractivity contribution in [1.82, 2.24) is 15.5 Å². The van der Waals surface area contributed by atoms with Gasteiger partial charge in [0.1, 0.15) is 0 Å². The Hall–Kier alpha value is -0.900. The van der Waals surface area contributed by atoms with Gasteiger partial charge in [-0.25, -0.2) is 0 Å². The van der Waals surface area contributed by atoms with Crippen LogP contribution in [0, 0.1) is 6.92 Å². The van der Waals surface area contributed by atoms with Crippen LogP contribution < -0.4 is 5.32 Å². The Morgan fingerprint density at radius 3 is 2.83 bits per heavy atom. The van der Waals surface area contributed by atoms with Gasteiger partial charge in [-0.3, -0.25) is 0 Å². The van der Waals surface area contributed by atoms with Crippen molar-refractivity contribution in [3.8, 4) is 0 Å². The van der Waals surface area contributed by atoms with Crippen molar-refractivity contribution >= 4 is 0 Å². The Balaban J connectivity index is 2.33. The Bertz CT molecular complexity index is 234. The van der Waals surface area contributed by atoms with E-state index in [1.807, 2.05) is 6.92 Å². The lowest BCUT2D eigenvalue weighted by molar-refractivity contribution is 0.355. The summed E-state index contributed by atoms with van der Waals surface area (Å²) in [6, 6.07) is 0.497. The van der Waals surface area contributed by atoms with E-state index in [4.69, 9.17) is 4.52 Å². The number of nitrogens with one attached hydrogen (secondary N) is 1. The lowest BCUT2D eigenvalue weighted by atomic mass is 10.3. The van der Waals surface area contributed by atoms with Gasteiger partial charge in [-0.05, 0) is 20.3 Å². The number of nitrogens with zero attached hydrogens (tertiary/aromatic N) is 2. The normalized spacial score (nSPS) is 13.2. The van der Waals surface area contributed by atoms with Gasteiger partial charge in [-0.15, -0.1) is 0 Å². The quantitative estimate of drug-likeness (QED) is 0.737. The standard InChI is InChI=1S/C8H15N3O/c1-4-6(2)9-5-8-10-7(3)11-12-8/h6,9H,4-5H2,1-3H3. The van der Waals surface area contributed by atoms with Crippen molar-refractivity contribution in [1.29, 1.82) is 0 Å². The van der Waals surface area contributed by atoms with Gasteiger partial charge in [0.05, 0.1) is 6.54 Å². The molecule has 0 spiro atoms. The Kier molecular flexibility index (Phi) is 3.22. The molecule has 0 saturated heterocycles. The maximum Gasteiger partial charge on any atom is 0.240 e. The second-order valence-electron chi connectivity index (χ2n) is 2.93. The van der Waals surface area contributed by atoms with Crippen LogP contribution in [0.1, 0.15) is 32.0 Å². The molecule has 68 valence electrons. The average Bonchev–Trinajstić information content (AvgIpc) is 2.47. The van der Waals surface area contributed by atoms with Crippen LogP contribution in [0.3, 0.4) is 0 Å². The largest absolute Gasteiger partial charge is 0.338 e. The molecule has 0 amide bonds. The van der Waals surface area contributed by atoms with Gasteiger partial charge in [0.15, 0.2) is 5.82 Å². The smallest absolute Gasteiger partial charge is 0.240 e. The second kappa shape index (κ2) is 4.21. The molecule has 1 aromatic heterocycles. The molecule has 0 aromatic carbocycles. The summed E-state index contributed by atoms with van der Waals surface area (Å²) in [4.78, 5) is 4.08. The van der Waals surface area contributed by atoms with Gasteiger partial charge >= 0.3 is 0 Å². The van der Waals surface area contributed by atoms with Crippen LogP contribution in [-0.4, -0.2) is 16.2 Å². The van der Waals surface area contributed by atoms with Crippen molar-refractivity contribution < 1.29 is 4.52 Å². The van der Waals surface area contributed by atoms with Gasteiger partial charge in [0, 0.05) is 6.04 Å². The molecule has 1 rings (SSSR count). The zero-order valence-corrected chi connectivity index (χ0v) is 7.79. The topological polar surface area (TPSA) is 51.0 Å². The molecule has 12 heavy (non-hydrogen) atoms. The summed E-state index contributed by atoms with van der Waals surface area (Å²) in [7, 11) is 0. The molecular formula is C8H15N3O. The third kappa shape index (κ3) is 2.62. The first-order chi connectivity index (χ1) is 5.72. The zero-order valence-electron chi connectivity index (χ0n) is 7.79. The molecule has 0 fully saturated rings. The molecule has 0 aliphatic carbocycles. The summed E-state index contributed by atoms with van der Waals surface area (Å²) in [5.74, 6) is 1.35. The highest BCUT2D eigenvalue weighted by Crippen LogP contribution is 1.96. The Labute approximate surface area is 72.4 Å². The van der Waals surface area contributed by atoms with Crippen LogP contribution in [0.5, 0.6) is 0 Å². The highest BCUT2D eigenvalue weighted by Gasteiger charge is 2.03. The summed E-state index contributed by atoms with van der Waals surface area (Å²) in [5, 5.41) is 6.96. The monoisotopic (exact) mass is 169 g/mol. The van der Waals surface area contributed by atoms with Crippen molar-refractivity contribution in [2.75, 3.05) is 0 Å². The fourth-order valence-corrected chi connectivity index (χ4v) is 0.818. The minimum Gasteiger partial charge on any atom is -0.338 e. The lowest BCUT2D eigenvalue weighted by Crippen LogP contribution is -2.24. The van der Waals surface area contributed by atoms with E-state index in [0.29, 0.717) is 24.3 Å². The van der Waals surface area contributed by atoms with Crippen LogP contribution >= 0.6 is 0 Å². The molecule has 0 bridgehead atoms. The first kappa shape index (κ1) is 9.19. The molecule has 0 saturated carbocycles. The highest BCUT2D eigenvalue weighted by molar-refractivity contribution is 4.82. The number of hydrogen-bond acceptors (Lipinski definition) is 4. The zero-order chi connectivity index (χ0) is 8.97. The fourth-order valence-electron chi connectivity index (χ4n) is 0.818. The van der Waals surface area contributed by atoms with E-state index in [1.54, 1.807) is 0 Å². The molecule has 0 radical (unpaired) electrons. The summed E-state index contributed by atoms with van der Waals surface area (Å²) in [6.07, 6.45) is 1.10. The van der Waals surface area contributed by atoms with E-state index in [0.717, 1.165) is 6.42 Å². The van der Waals surface area contributed by atoms with Gasteiger partial charge in [-0.1, -0.05) is 12.1 Å². The molecule has 0 aliphatic rings. The SMILES string of the molecule is CCC(C)NCc1nc(C)no1. The number of aryl methyl sites for hydroxylation is 1. The fraction of sp³-hybridized carbons (Fsp3) is 0.750. The second-order valence-corrected chi connectivity index (χ2v) is 2.93. The van der Waals surface area contributed by atoms with E-state index in [9.17, 15) is 0 Å². The first-order valence-corrected chi connectivity index (χ1v) is 4.25. The third-order valence-electron chi connectivity index (χ3n) is 1.78. The van der Waals surface area contributed by atoms with Gasteiger partial charge in [-0.2, -0.15) is 4.98 Å². The number of rotatable bonds is 4. The minimum atomic E-state index is 0.497. The summed E-state index contributed by atoms with van der Waals surface area (Å²) in [6.45, 7) is 6.74. The predicted octanol–water partition coefficient (Wildman–Crippen LogP) is 1.27. The molecule has 4 heteroatoms. The van der Waals surface area contributed by atoms with Gasteiger partial charge in [0.2, 0.25) is 5.89 Å². The van der Waals surface area contributed by atoms with E-state index in [2.05, 4.69) is 29.3 Å². The van der Waals surface area contributed by atoms with Crippen LogP contribution in [0.4, 0.5) is 0 Å². The number of hydrogen-bond donors (Lipinski definition) is 1. The van der Waals surface area contributed by atoms with Crippen molar-refractivity contribution in [3.63, 3.8) is 0 Å². The highest BCUT2D eigenvalue weighted by atomic mass is 16.5. The molecule has 1 heterocycles. The minimum absolute atomic E-state index is 0.497. The Morgan fingerprint density at radius 1 is 1.58 bits per heavy atom. The summed E-state index contributed by atoms with van der Waals surface area (Å²) in [5.41, 5.74) is 0.